The van der Waals surface area contributed by atoms with E-state index in [9.17, 15) is 4.39 Å². The number of aryl methyl sites for hydroxylation is 2. The second-order valence-electron chi connectivity index (χ2n) is 4.50. The lowest BCUT2D eigenvalue weighted by molar-refractivity contribution is 0.626. The molecule has 1 aromatic carbocycles. The Labute approximate surface area is 107 Å². The molecule has 2 aromatic rings. The zero-order valence-electron chi connectivity index (χ0n) is 10.9. The van der Waals surface area contributed by atoms with Gasteiger partial charge in [-0.1, -0.05) is 12.1 Å². The number of rotatable bonds is 3. The van der Waals surface area contributed by atoms with Crippen LogP contribution in [-0.2, 0) is 0 Å². The van der Waals surface area contributed by atoms with E-state index in [-0.39, 0.29) is 11.9 Å². The molecule has 18 heavy (non-hydrogen) atoms. The summed E-state index contributed by atoms with van der Waals surface area (Å²) in [5.74, 6) is -0.209. The Hall–Kier alpha value is -1.90. The number of aromatic nitrogens is 1. The summed E-state index contributed by atoms with van der Waals surface area (Å²) in [5.41, 5.74) is 4.05. The summed E-state index contributed by atoms with van der Waals surface area (Å²) < 4.78 is 12.9. The van der Waals surface area contributed by atoms with Crippen molar-refractivity contribution in [1.82, 2.24) is 4.98 Å². The summed E-state index contributed by atoms with van der Waals surface area (Å²) in [6.45, 7) is 6.00. The Kier molecular flexibility index (Phi) is 3.60. The monoisotopic (exact) mass is 244 g/mol. The maximum atomic E-state index is 12.9. The molecule has 1 unspecified atom stereocenters. The molecule has 0 aliphatic rings. The summed E-state index contributed by atoms with van der Waals surface area (Å²) in [5, 5.41) is 3.39. The molecule has 2 nitrogen and oxygen atoms in total. The van der Waals surface area contributed by atoms with Gasteiger partial charge in [0, 0.05) is 11.7 Å². The molecule has 1 aromatic heterocycles. The van der Waals surface area contributed by atoms with E-state index in [1.54, 1.807) is 12.1 Å². The molecule has 1 heterocycles. The topological polar surface area (TPSA) is 24.9 Å². The third-order valence-electron chi connectivity index (χ3n) is 2.97. The minimum absolute atomic E-state index is 0.119. The van der Waals surface area contributed by atoms with E-state index in [0.717, 1.165) is 22.6 Å². The molecule has 0 aliphatic heterocycles. The molecule has 0 spiro atoms. The first-order valence-electron chi connectivity index (χ1n) is 6.02. The third-order valence-corrected chi connectivity index (χ3v) is 2.97. The van der Waals surface area contributed by atoms with Crippen molar-refractivity contribution in [2.75, 3.05) is 5.32 Å². The minimum atomic E-state index is -0.209. The Bertz CT molecular complexity index is 535. The predicted octanol–water partition coefficient (Wildman–Crippen LogP) is 4.01. The maximum Gasteiger partial charge on any atom is 0.123 e. The number of hydrogen-bond donors (Lipinski definition) is 1. The molecule has 1 atom stereocenters. The number of pyridine rings is 1. The number of benzene rings is 1. The van der Waals surface area contributed by atoms with Crippen LogP contribution in [0.5, 0.6) is 0 Å². The van der Waals surface area contributed by atoms with Crippen molar-refractivity contribution >= 4 is 5.69 Å². The van der Waals surface area contributed by atoms with E-state index in [2.05, 4.69) is 10.3 Å². The van der Waals surface area contributed by atoms with Crippen LogP contribution < -0.4 is 5.32 Å². The van der Waals surface area contributed by atoms with Crippen LogP contribution in [-0.4, -0.2) is 4.98 Å². The first-order chi connectivity index (χ1) is 8.56. The molecule has 1 N–H and O–H groups in total. The molecule has 2 rings (SSSR count). The van der Waals surface area contributed by atoms with Crippen LogP contribution in [0.1, 0.15) is 29.9 Å². The summed E-state index contributed by atoms with van der Waals surface area (Å²) in [6, 6.07) is 10.7. The van der Waals surface area contributed by atoms with Gasteiger partial charge in [0.1, 0.15) is 5.82 Å². The van der Waals surface area contributed by atoms with Crippen LogP contribution in [0, 0.1) is 19.7 Å². The molecular formula is C15H17FN2. The summed E-state index contributed by atoms with van der Waals surface area (Å²) in [6.07, 6.45) is 0. The molecule has 0 fully saturated rings. The number of nitrogens with one attached hydrogen (secondary N) is 1. The van der Waals surface area contributed by atoms with Crippen molar-refractivity contribution in [2.24, 2.45) is 0 Å². The van der Waals surface area contributed by atoms with Crippen LogP contribution >= 0.6 is 0 Å². The molecule has 0 saturated carbocycles. The SMILES string of the molecule is Cc1ccc(NC(C)c2ccc(F)cc2)c(C)n1. The quantitative estimate of drug-likeness (QED) is 0.882. The van der Waals surface area contributed by atoms with E-state index in [0.29, 0.717) is 0 Å². The van der Waals surface area contributed by atoms with Gasteiger partial charge in [-0.3, -0.25) is 4.98 Å². The van der Waals surface area contributed by atoms with Crippen molar-refractivity contribution in [1.29, 1.82) is 0 Å². The normalized spacial score (nSPS) is 12.2. The van der Waals surface area contributed by atoms with Crippen molar-refractivity contribution in [2.45, 2.75) is 26.8 Å². The van der Waals surface area contributed by atoms with Gasteiger partial charge in [0.15, 0.2) is 0 Å². The van der Waals surface area contributed by atoms with E-state index in [4.69, 9.17) is 0 Å². The van der Waals surface area contributed by atoms with Gasteiger partial charge < -0.3 is 5.32 Å². The summed E-state index contributed by atoms with van der Waals surface area (Å²) in [7, 11) is 0. The second-order valence-corrected chi connectivity index (χ2v) is 4.50. The Morgan fingerprint density at radius 3 is 2.33 bits per heavy atom. The van der Waals surface area contributed by atoms with Gasteiger partial charge in [-0.05, 0) is 50.6 Å². The smallest absolute Gasteiger partial charge is 0.123 e. The molecule has 0 aliphatic carbocycles. The molecular weight excluding hydrogens is 227 g/mol. The fourth-order valence-corrected chi connectivity index (χ4v) is 1.91. The highest BCUT2D eigenvalue weighted by molar-refractivity contribution is 5.49. The van der Waals surface area contributed by atoms with Crippen molar-refractivity contribution in [3.8, 4) is 0 Å². The molecule has 3 heteroatoms. The van der Waals surface area contributed by atoms with Crippen LogP contribution in [0.3, 0.4) is 0 Å². The molecule has 0 amide bonds. The Morgan fingerprint density at radius 2 is 1.72 bits per heavy atom. The number of hydrogen-bond acceptors (Lipinski definition) is 2. The van der Waals surface area contributed by atoms with Crippen LogP contribution in [0.25, 0.3) is 0 Å². The highest BCUT2D eigenvalue weighted by Gasteiger charge is 2.07. The molecule has 0 saturated heterocycles. The molecule has 0 radical (unpaired) electrons. The highest BCUT2D eigenvalue weighted by Crippen LogP contribution is 2.21. The van der Waals surface area contributed by atoms with Gasteiger partial charge in [-0.25, -0.2) is 4.39 Å². The zero-order chi connectivity index (χ0) is 13.1. The van der Waals surface area contributed by atoms with E-state index in [1.807, 2.05) is 32.9 Å². The van der Waals surface area contributed by atoms with E-state index in [1.165, 1.54) is 12.1 Å². The van der Waals surface area contributed by atoms with Gasteiger partial charge in [0.2, 0.25) is 0 Å². The maximum absolute atomic E-state index is 12.9. The lowest BCUT2D eigenvalue weighted by Gasteiger charge is -2.17. The average Bonchev–Trinajstić information content (AvgIpc) is 2.33. The van der Waals surface area contributed by atoms with Gasteiger partial charge in [-0.15, -0.1) is 0 Å². The number of nitrogens with zero attached hydrogens (tertiary/aromatic N) is 1. The average molecular weight is 244 g/mol. The van der Waals surface area contributed by atoms with Crippen LogP contribution in [0.4, 0.5) is 10.1 Å². The van der Waals surface area contributed by atoms with Crippen LogP contribution in [0.15, 0.2) is 36.4 Å². The first-order valence-corrected chi connectivity index (χ1v) is 6.02. The largest absolute Gasteiger partial charge is 0.377 e. The van der Waals surface area contributed by atoms with Gasteiger partial charge >= 0.3 is 0 Å². The standard InChI is InChI=1S/C15H17FN2/c1-10-4-9-15(12(3)17-10)18-11(2)13-5-7-14(16)8-6-13/h4-9,11,18H,1-3H3. The highest BCUT2D eigenvalue weighted by atomic mass is 19.1. The van der Waals surface area contributed by atoms with Crippen molar-refractivity contribution in [3.63, 3.8) is 0 Å². The summed E-state index contributed by atoms with van der Waals surface area (Å²) in [4.78, 5) is 4.41. The predicted molar refractivity (Wildman–Crippen MR) is 72.1 cm³/mol. The fraction of sp³-hybridized carbons (Fsp3) is 0.267. The number of halogens is 1. The number of anilines is 1. The Morgan fingerprint density at radius 1 is 1.06 bits per heavy atom. The van der Waals surface area contributed by atoms with Gasteiger partial charge in [0.25, 0.3) is 0 Å². The van der Waals surface area contributed by atoms with Crippen molar-refractivity contribution in [3.05, 3.63) is 59.2 Å². The molecule has 94 valence electrons. The van der Waals surface area contributed by atoms with Gasteiger partial charge in [-0.2, -0.15) is 0 Å². The fourth-order valence-electron chi connectivity index (χ4n) is 1.91. The minimum Gasteiger partial charge on any atom is -0.377 e. The van der Waals surface area contributed by atoms with E-state index < -0.39 is 0 Å². The second kappa shape index (κ2) is 5.17. The Balaban J connectivity index is 2.15. The lowest BCUT2D eigenvalue weighted by Crippen LogP contribution is -2.08. The molecule has 0 bridgehead atoms. The van der Waals surface area contributed by atoms with E-state index >= 15 is 0 Å². The zero-order valence-corrected chi connectivity index (χ0v) is 10.9. The summed E-state index contributed by atoms with van der Waals surface area (Å²) >= 11 is 0. The third kappa shape index (κ3) is 2.86. The lowest BCUT2D eigenvalue weighted by atomic mass is 10.1. The van der Waals surface area contributed by atoms with Crippen molar-refractivity contribution < 1.29 is 4.39 Å². The van der Waals surface area contributed by atoms with Crippen LogP contribution in [0.2, 0.25) is 0 Å². The van der Waals surface area contributed by atoms with Gasteiger partial charge in [0.05, 0.1) is 11.4 Å². The first kappa shape index (κ1) is 12.6.